The fourth-order valence-electron chi connectivity index (χ4n) is 2.90. The number of rotatable bonds is 5. The number of dihydropyridines is 1. The number of thiazole rings is 1. The van der Waals surface area contributed by atoms with Gasteiger partial charge in [0.25, 0.3) is 0 Å². The maximum Gasteiger partial charge on any atom is 0.230 e. The normalized spacial score (nSPS) is 17.4. The van der Waals surface area contributed by atoms with Gasteiger partial charge in [0.2, 0.25) is 4.91 Å². The zero-order valence-corrected chi connectivity index (χ0v) is 17.3. The Morgan fingerprint density at radius 3 is 2.62 bits per heavy atom. The number of anilines is 1. The van der Waals surface area contributed by atoms with Crippen molar-refractivity contribution in [3.05, 3.63) is 69.8 Å². The molecule has 1 aliphatic heterocycles. The zero-order chi connectivity index (χ0) is 20.4. The molecule has 2 atom stereocenters. The summed E-state index contributed by atoms with van der Waals surface area (Å²) >= 11 is 7.91. The average Bonchev–Trinajstić information content (AvgIpc) is 3.24. The lowest BCUT2D eigenvalue weighted by Gasteiger charge is -2.11. The predicted molar refractivity (Wildman–Crippen MR) is 117 cm³/mol. The van der Waals surface area contributed by atoms with Gasteiger partial charge >= 0.3 is 0 Å². The smallest absolute Gasteiger partial charge is 0.230 e. The fraction of sp³-hybridized carbons (Fsp3) is 0.100. The summed E-state index contributed by atoms with van der Waals surface area (Å²) in [5, 5.41) is 3.39. The number of hydrogen-bond acceptors (Lipinski definition) is 4. The molecule has 0 spiro atoms. The molecule has 1 N–H and O–H groups in total. The molecule has 0 aliphatic carbocycles. The Balaban J connectivity index is 1.57. The highest BCUT2D eigenvalue weighted by Gasteiger charge is 2.32. The van der Waals surface area contributed by atoms with Gasteiger partial charge in [0, 0.05) is 27.7 Å². The van der Waals surface area contributed by atoms with Crippen LogP contribution >= 0.6 is 22.9 Å². The third kappa shape index (κ3) is 4.29. The van der Waals surface area contributed by atoms with E-state index in [1.807, 2.05) is 23.6 Å². The summed E-state index contributed by atoms with van der Waals surface area (Å²) in [5.41, 5.74) is 3.13. The summed E-state index contributed by atoms with van der Waals surface area (Å²) in [5.74, 6) is -0.889. The molecule has 0 bridgehead atoms. The van der Waals surface area contributed by atoms with Crippen LogP contribution in [-0.4, -0.2) is 23.9 Å². The molecule has 0 fully saturated rings. The van der Waals surface area contributed by atoms with Crippen LogP contribution in [0.15, 0.2) is 69.8 Å². The minimum Gasteiger partial charge on any atom is -0.286 e. The Kier molecular flexibility index (Phi) is 5.84. The van der Waals surface area contributed by atoms with Gasteiger partial charge in [-0.15, -0.1) is 11.3 Å². The molecular weight excluding hydrogens is 436 g/mol. The van der Waals surface area contributed by atoms with Crippen LogP contribution in [0.5, 0.6) is 0 Å². The number of halogens is 3. The van der Waals surface area contributed by atoms with Crippen molar-refractivity contribution < 1.29 is 13.0 Å². The molecule has 1 aliphatic rings. The number of nitrogens with zero attached hydrogens (tertiary/aromatic N) is 2. The number of nitrogens with one attached hydrogen (secondary N) is 1. The van der Waals surface area contributed by atoms with Crippen molar-refractivity contribution in [1.29, 1.82) is 0 Å². The molecule has 0 amide bonds. The molecule has 4 rings (SSSR count). The van der Waals surface area contributed by atoms with Crippen molar-refractivity contribution in [2.75, 3.05) is 11.3 Å². The van der Waals surface area contributed by atoms with Crippen LogP contribution < -0.4 is 4.72 Å². The first-order valence-electron chi connectivity index (χ1n) is 8.60. The summed E-state index contributed by atoms with van der Waals surface area (Å²) in [7, 11) is -2.45. The van der Waals surface area contributed by atoms with Crippen molar-refractivity contribution >= 4 is 45.8 Å². The number of thiol groups is 1. The predicted octanol–water partition coefficient (Wildman–Crippen LogP) is 5.76. The SMILES string of the molecule is O=[SH+](Nc1ccc(-c2cc(-c3nccs3)ccc2Cl)cc1)C1=C(F)C=NCC1F. The van der Waals surface area contributed by atoms with Gasteiger partial charge in [-0.1, -0.05) is 34.0 Å². The van der Waals surface area contributed by atoms with Crippen LogP contribution in [0.1, 0.15) is 0 Å². The van der Waals surface area contributed by atoms with Crippen LogP contribution in [0.2, 0.25) is 5.02 Å². The van der Waals surface area contributed by atoms with E-state index in [4.69, 9.17) is 11.6 Å². The van der Waals surface area contributed by atoms with Crippen LogP contribution in [0.25, 0.3) is 21.7 Å². The lowest BCUT2D eigenvalue weighted by molar-refractivity contribution is 0.392. The molecule has 9 heteroatoms. The Hall–Kier alpha value is -2.42. The minimum absolute atomic E-state index is 0.224. The van der Waals surface area contributed by atoms with Gasteiger partial charge in [-0.3, -0.25) is 4.99 Å². The zero-order valence-electron chi connectivity index (χ0n) is 14.8. The first-order chi connectivity index (χ1) is 14.0. The van der Waals surface area contributed by atoms with E-state index in [9.17, 15) is 13.0 Å². The third-order valence-electron chi connectivity index (χ3n) is 4.30. The first kappa shape index (κ1) is 19.9. The number of benzene rings is 2. The Morgan fingerprint density at radius 1 is 1.17 bits per heavy atom. The molecular formula is C20H15ClF2N3OS2+. The molecule has 2 aromatic carbocycles. The van der Waals surface area contributed by atoms with E-state index in [2.05, 4.69) is 14.7 Å². The fourth-order valence-corrected chi connectivity index (χ4v) is 4.85. The quantitative estimate of drug-likeness (QED) is 0.397. The maximum atomic E-state index is 13.9. The second-order valence-electron chi connectivity index (χ2n) is 6.21. The summed E-state index contributed by atoms with van der Waals surface area (Å²) in [6, 6.07) is 12.7. The lowest BCUT2D eigenvalue weighted by Crippen LogP contribution is -2.22. The van der Waals surface area contributed by atoms with Crippen LogP contribution in [0, 0.1) is 0 Å². The molecule has 4 nitrogen and oxygen atoms in total. The van der Waals surface area contributed by atoms with E-state index in [0.29, 0.717) is 10.7 Å². The molecule has 0 saturated heterocycles. The molecule has 1 aromatic heterocycles. The van der Waals surface area contributed by atoms with Crippen LogP contribution in [0.3, 0.4) is 0 Å². The molecule has 2 unspecified atom stereocenters. The van der Waals surface area contributed by atoms with E-state index in [1.165, 1.54) is 11.3 Å². The van der Waals surface area contributed by atoms with E-state index in [0.717, 1.165) is 27.9 Å². The number of alkyl halides is 1. The van der Waals surface area contributed by atoms with Gasteiger partial charge in [0.1, 0.15) is 5.01 Å². The number of allylic oxidation sites excluding steroid dienone is 1. The molecule has 0 radical (unpaired) electrons. The summed E-state index contributed by atoms with van der Waals surface area (Å²) < 4.78 is 42.7. The summed E-state index contributed by atoms with van der Waals surface area (Å²) in [4.78, 5) is 7.47. The average molecular weight is 451 g/mol. The van der Waals surface area contributed by atoms with E-state index in [1.54, 1.807) is 30.5 Å². The molecule has 0 saturated carbocycles. The second-order valence-corrected chi connectivity index (χ2v) is 8.81. The van der Waals surface area contributed by atoms with Crippen molar-refractivity contribution in [3.8, 4) is 21.7 Å². The molecule has 29 heavy (non-hydrogen) atoms. The van der Waals surface area contributed by atoms with Crippen LogP contribution in [0.4, 0.5) is 14.5 Å². The number of aromatic nitrogens is 1. The van der Waals surface area contributed by atoms with E-state index >= 15 is 0 Å². The molecule has 2 heterocycles. The summed E-state index contributed by atoms with van der Waals surface area (Å²) in [6.07, 6.45) is 0.956. The summed E-state index contributed by atoms with van der Waals surface area (Å²) in [6.45, 7) is -0.224. The third-order valence-corrected chi connectivity index (χ3v) is 6.85. The van der Waals surface area contributed by atoms with Crippen molar-refractivity contribution in [3.63, 3.8) is 0 Å². The first-order valence-corrected chi connectivity index (χ1v) is 11.1. The molecule has 3 aromatic rings. The van der Waals surface area contributed by atoms with Gasteiger partial charge in [0.15, 0.2) is 23.0 Å². The van der Waals surface area contributed by atoms with E-state index < -0.39 is 27.9 Å². The van der Waals surface area contributed by atoms with Crippen LogP contribution in [-0.2, 0) is 15.2 Å². The van der Waals surface area contributed by atoms with Gasteiger partial charge in [0.05, 0.1) is 18.4 Å². The van der Waals surface area contributed by atoms with Crippen molar-refractivity contribution in [2.24, 2.45) is 4.99 Å². The highest BCUT2D eigenvalue weighted by Crippen LogP contribution is 2.34. The topological polar surface area (TPSA) is 54.4 Å². The number of hydrogen-bond donors (Lipinski definition) is 1. The monoisotopic (exact) mass is 450 g/mol. The second kappa shape index (κ2) is 8.52. The van der Waals surface area contributed by atoms with Gasteiger partial charge in [-0.2, -0.15) is 4.39 Å². The minimum atomic E-state index is -2.45. The maximum absolute atomic E-state index is 13.9. The Bertz CT molecular complexity index is 1120. The van der Waals surface area contributed by atoms with Gasteiger partial charge in [-0.25, -0.2) is 14.1 Å². The Labute approximate surface area is 177 Å². The Morgan fingerprint density at radius 2 is 1.93 bits per heavy atom. The lowest BCUT2D eigenvalue weighted by atomic mass is 10.0. The van der Waals surface area contributed by atoms with Crippen molar-refractivity contribution in [2.45, 2.75) is 6.17 Å². The van der Waals surface area contributed by atoms with E-state index in [-0.39, 0.29) is 6.54 Å². The highest BCUT2D eigenvalue weighted by molar-refractivity contribution is 7.90. The van der Waals surface area contributed by atoms with Gasteiger partial charge < -0.3 is 0 Å². The highest BCUT2D eigenvalue weighted by atomic mass is 35.5. The largest absolute Gasteiger partial charge is 0.286 e. The van der Waals surface area contributed by atoms with Crippen molar-refractivity contribution in [1.82, 2.24) is 4.98 Å². The van der Waals surface area contributed by atoms with Gasteiger partial charge in [-0.05, 0) is 29.8 Å². The molecule has 148 valence electrons. The number of aliphatic imine (C=N–C) groups is 1. The standard InChI is InChI=1S/C20H14ClF2N3OS2/c21-16-6-3-13(20-25-7-8-28-20)9-15(16)12-1-4-14(5-2-12)26-29(27)19-17(22)10-24-11-18(19)23/h1-10,18H,11H2,(H,26,27)/p+1.